The van der Waals surface area contributed by atoms with Crippen LogP contribution in [-0.2, 0) is 29.8 Å². The van der Waals surface area contributed by atoms with Crippen molar-refractivity contribution < 1.29 is 32.2 Å². The van der Waals surface area contributed by atoms with Crippen molar-refractivity contribution in [2.75, 3.05) is 13.3 Å². The first-order valence-corrected chi connectivity index (χ1v) is 13.1. The molecule has 3 fully saturated rings. The highest BCUT2D eigenvalue weighted by Crippen LogP contribution is 2.58. The third-order valence-corrected chi connectivity index (χ3v) is 7.80. The molecule has 3 heterocycles. The standard InChI is InChI=1S/C23H25FN5O8P/c1-21-18(34-23(37-21)9-2-3-10-23)22(13-24,35-19(21)29-11-8-17(30)27-20(29)31)14-33-38(32)36-16-6-4-15(5-7-16)12-26-28-25/h4-8,11,18-19H,2-3,9-10,12-14H2,1H3/p+1/t18-,19+,21+,22+/m0/s1. The van der Waals surface area contributed by atoms with Gasteiger partial charge >= 0.3 is 13.9 Å². The van der Waals surface area contributed by atoms with E-state index < -0.39 is 62.1 Å². The van der Waals surface area contributed by atoms with Crippen molar-refractivity contribution in [2.45, 2.75) is 68.5 Å². The highest BCUT2D eigenvalue weighted by molar-refractivity contribution is 7.33. The number of alkyl halides is 1. The number of hydrogen-bond donors (Lipinski definition) is 1. The van der Waals surface area contributed by atoms with Gasteiger partial charge in [0.2, 0.25) is 0 Å². The first-order chi connectivity index (χ1) is 18.2. The summed E-state index contributed by atoms with van der Waals surface area (Å²) in [5.41, 5.74) is 4.69. The Bertz CT molecular complexity index is 1370. The van der Waals surface area contributed by atoms with Crippen molar-refractivity contribution >= 4 is 8.25 Å². The predicted octanol–water partition coefficient (Wildman–Crippen LogP) is 3.78. The molecule has 5 rings (SSSR count). The maximum absolute atomic E-state index is 14.9. The van der Waals surface area contributed by atoms with E-state index in [9.17, 15) is 18.5 Å². The topological polar surface area (TPSA) is 167 Å². The van der Waals surface area contributed by atoms with Crippen molar-refractivity contribution in [1.29, 1.82) is 0 Å². The molecule has 1 saturated carbocycles. The molecule has 1 aliphatic carbocycles. The zero-order valence-corrected chi connectivity index (χ0v) is 21.3. The van der Waals surface area contributed by atoms with Crippen molar-refractivity contribution in [3.8, 4) is 5.75 Å². The zero-order chi connectivity index (χ0) is 27.0. The van der Waals surface area contributed by atoms with Gasteiger partial charge in [-0.3, -0.25) is 14.3 Å². The Morgan fingerprint density at radius 3 is 2.63 bits per heavy atom. The van der Waals surface area contributed by atoms with E-state index in [1.54, 1.807) is 19.1 Å². The second-order valence-electron chi connectivity index (χ2n) is 9.71. The van der Waals surface area contributed by atoms with E-state index in [1.165, 1.54) is 18.3 Å². The lowest BCUT2D eigenvalue weighted by Gasteiger charge is -2.32. The highest BCUT2D eigenvalue weighted by Gasteiger charge is 2.73. The predicted molar refractivity (Wildman–Crippen MR) is 129 cm³/mol. The number of nitrogens with one attached hydrogen (secondary N) is 1. The minimum absolute atomic E-state index is 0.152. The Balaban J connectivity index is 1.38. The molecule has 0 bridgehead atoms. The summed E-state index contributed by atoms with van der Waals surface area (Å²) in [7, 11) is -2.75. The maximum atomic E-state index is 14.9. The lowest BCUT2D eigenvalue weighted by molar-refractivity contribution is -0.252. The number of aromatic nitrogens is 2. The molecule has 2 saturated heterocycles. The molecular formula is C23H26FN5O8P+. The van der Waals surface area contributed by atoms with Crippen LogP contribution in [0.3, 0.4) is 0 Å². The Hall–Kier alpha value is -3.12. The summed E-state index contributed by atoms with van der Waals surface area (Å²) in [6.07, 6.45) is 1.94. The summed E-state index contributed by atoms with van der Waals surface area (Å²) in [4.78, 5) is 29.1. The summed E-state index contributed by atoms with van der Waals surface area (Å²) >= 11 is 0. The lowest BCUT2D eigenvalue weighted by atomic mass is 9.88. The first kappa shape index (κ1) is 26.5. The fraction of sp³-hybridized carbons (Fsp3) is 0.565. The van der Waals surface area contributed by atoms with Crippen LogP contribution >= 0.6 is 8.25 Å². The van der Waals surface area contributed by atoms with Crippen LogP contribution in [0, 0.1) is 0 Å². The smallest absolute Gasteiger partial charge is 0.340 e. The van der Waals surface area contributed by atoms with Gasteiger partial charge in [-0.25, -0.2) is 13.7 Å². The van der Waals surface area contributed by atoms with E-state index in [-0.39, 0.29) is 12.3 Å². The fourth-order valence-electron chi connectivity index (χ4n) is 5.39. The van der Waals surface area contributed by atoms with Gasteiger partial charge in [-0.2, -0.15) is 0 Å². The number of fused-ring (bicyclic) bond motifs is 1. The molecule has 1 N–H and O–H groups in total. The van der Waals surface area contributed by atoms with Gasteiger partial charge in [-0.1, -0.05) is 17.2 Å². The Kier molecular flexibility index (Phi) is 7.12. The van der Waals surface area contributed by atoms with E-state index in [2.05, 4.69) is 15.0 Å². The van der Waals surface area contributed by atoms with Crippen molar-refractivity contribution in [2.24, 2.45) is 5.11 Å². The molecule has 202 valence electrons. The summed E-state index contributed by atoms with van der Waals surface area (Å²) in [6, 6.07) is 7.49. The number of H-pyrrole nitrogens is 1. The van der Waals surface area contributed by atoms with Gasteiger partial charge in [0.1, 0.15) is 25.0 Å². The molecule has 1 unspecified atom stereocenters. The fourth-order valence-corrected chi connectivity index (χ4v) is 6.06. The number of rotatable bonds is 9. The molecular weight excluding hydrogens is 524 g/mol. The number of hydrogen-bond acceptors (Lipinski definition) is 9. The lowest BCUT2D eigenvalue weighted by Crippen LogP contribution is -2.51. The van der Waals surface area contributed by atoms with E-state index in [0.29, 0.717) is 12.8 Å². The molecule has 2 aliphatic heterocycles. The van der Waals surface area contributed by atoms with Crippen molar-refractivity contribution in [3.63, 3.8) is 0 Å². The summed E-state index contributed by atoms with van der Waals surface area (Å²) in [6.45, 7) is 0.193. The van der Waals surface area contributed by atoms with E-state index in [0.717, 1.165) is 29.0 Å². The van der Waals surface area contributed by atoms with Crippen LogP contribution in [-0.4, -0.2) is 45.9 Å². The maximum Gasteiger partial charge on any atom is 0.750 e. The van der Waals surface area contributed by atoms with Gasteiger partial charge in [-0.15, -0.1) is 4.52 Å². The van der Waals surface area contributed by atoms with E-state index in [4.69, 9.17) is 28.8 Å². The van der Waals surface area contributed by atoms with Crippen LogP contribution in [0.2, 0.25) is 0 Å². The van der Waals surface area contributed by atoms with Crippen molar-refractivity contribution in [1.82, 2.24) is 9.55 Å². The van der Waals surface area contributed by atoms with Crippen LogP contribution in [0.15, 0.2) is 51.2 Å². The largest absolute Gasteiger partial charge is 0.750 e. The Morgan fingerprint density at radius 2 is 1.97 bits per heavy atom. The number of aromatic amines is 1. The minimum Gasteiger partial charge on any atom is -0.340 e. The second kappa shape index (κ2) is 10.2. The summed E-state index contributed by atoms with van der Waals surface area (Å²) < 4.78 is 58.2. The van der Waals surface area contributed by atoms with Gasteiger partial charge in [0.15, 0.2) is 23.4 Å². The van der Waals surface area contributed by atoms with Gasteiger partial charge in [-0.05, 0) is 43.0 Å². The number of benzene rings is 1. The summed E-state index contributed by atoms with van der Waals surface area (Å²) in [5.74, 6) is -0.741. The van der Waals surface area contributed by atoms with Gasteiger partial charge in [0.25, 0.3) is 5.56 Å². The molecule has 15 heteroatoms. The average Bonchev–Trinajstić information content (AvgIpc) is 3.54. The van der Waals surface area contributed by atoms with Gasteiger partial charge in [0.05, 0.1) is 6.54 Å². The monoisotopic (exact) mass is 550 g/mol. The average molecular weight is 550 g/mol. The second-order valence-corrected chi connectivity index (χ2v) is 10.6. The molecule has 2 aromatic rings. The molecule has 1 spiro atoms. The number of nitrogens with zero attached hydrogens (tertiary/aromatic N) is 4. The van der Waals surface area contributed by atoms with Crippen LogP contribution < -0.4 is 15.8 Å². The van der Waals surface area contributed by atoms with E-state index in [1.807, 2.05) is 0 Å². The Labute approximate surface area is 216 Å². The van der Waals surface area contributed by atoms with E-state index >= 15 is 0 Å². The molecule has 1 aromatic carbocycles. The molecule has 5 atom stereocenters. The van der Waals surface area contributed by atoms with Crippen LogP contribution in [0.5, 0.6) is 5.75 Å². The number of azide groups is 1. The molecule has 38 heavy (non-hydrogen) atoms. The van der Waals surface area contributed by atoms with Gasteiger partial charge < -0.3 is 14.2 Å². The van der Waals surface area contributed by atoms with Gasteiger partial charge in [0, 0.05) is 34.6 Å². The molecule has 0 radical (unpaired) electrons. The number of ether oxygens (including phenoxy) is 3. The highest BCUT2D eigenvalue weighted by atomic mass is 31.1. The quantitative estimate of drug-likeness (QED) is 0.213. The molecule has 3 aliphatic rings. The van der Waals surface area contributed by atoms with Crippen molar-refractivity contribution in [3.05, 3.63) is 73.4 Å². The third kappa shape index (κ3) is 4.75. The van der Waals surface area contributed by atoms with Crippen LogP contribution in [0.1, 0.15) is 44.4 Å². The normalized spacial score (nSPS) is 29.7. The molecule has 13 nitrogen and oxygen atoms in total. The molecule has 0 amide bonds. The SMILES string of the molecule is C[C@@]12OC3(CCCC3)O[C@@H]1[C@@](CF)(CO[P+](=O)Oc1ccc(CN=[N+]=[N-])cc1)O[C@H]2n1ccc(=O)[nH]c1=O. The Morgan fingerprint density at radius 1 is 1.24 bits per heavy atom. The zero-order valence-electron chi connectivity index (χ0n) is 20.4. The van der Waals surface area contributed by atoms with Crippen LogP contribution in [0.4, 0.5) is 4.39 Å². The van der Waals surface area contributed by atoms with Crippen LogP contribution in [0.25, 0.3) is 10.4 Å². The third-order valence-electron chi connectivity index (χ3n) is 7.10. The summed E-state index contributed by atoms with van der Waals surface area (Å²) in [5, 5.41) is 3.47. The molecule has 1 aromatic heterocycles. The number of halogens is 1. The minimum atomic E-state index is -2.75. The first-order valence-electron chi connectivity index (χ1n) is 12.0.